The van der Waals surface area contributed by atoms with Gasteiger partial charge < -0.3 is 4.74 Å². The molecule has 1 aromatic heterocycles. The third kappa shape index (κ3) is 3.88. The van der Waals surface area contributed by atoms with Gasteiger partial charge in [0.05, 0.1) is 5.69 Å². The third-order valence-electron chi connectivity index (χ3n) is 3.83. The average Bonchev–Trinajstić information content (AvgIpc) is 2.96. The minimum Gasteiger partial charge on any atom is -0.481 e. The number of benzene rings is 1. The zero-order chi connectivity index (χ0) is 16.2. The Balaban J connectivity index is 1.65. The van der Waals surface area contributed by atoms with E-state index in [2.05, 4.69) is 10.3 Å². The molecule has 0 radical (unpaired) electrons. The first-order valence-electron chi connectivity index (χ1n) is 7.87. The smallest absolute Gasteiger partial charge is 0.267 e. The number of amides is 1. The molecule has 1 aliphatic carbocycles. The summed E-state index contributed by atoms with van der Waals surface area (Å²) in [7, 11) is 0. The van der Waals surface area contributed by atoms with Crippen molar-refractivity contribution in [2.45, 2.75) is 45.1 Å². The van der Waals surface area contributed by atoms with Gasteiger partial charge in [0.2, 0.25) is 0 Å². The molecule has 0 fully saturated rings. The van der Waals surface area contributed by atoms with Crippen molar-refractivity contribution in [3.8, 4) is 5.75 Å². The number of nitrogens with zero attached hydrogens (tertiary/aromatic N) is 1. The zero-order valence-corrected chi connectivity index (χ0v) is 13.8. The summed E-state index contributed by atoms with van der Waals surface area (Å²) in [5.74, 6) is -0.0713. The molecule has 1 amide bonds. The van der Waals surface area contributed by atoms with Crippen LogP contribution in [0.5, 0.6) is 5.75 Å². The second-order valence-electron chi connectivity index (χ2n) is 5.55. The highest BCUT2D eigenvalue weighted by Gasteiger charge is 2.22. The van der Waals surface area contributed by atoms with E-state index < -0.39 is 6.10 Å². The van der Waals surface area contributed by atoms with Crippen molar-refractivity contribution in [3.63, 3.8) is 0 Å². The largest absolute Gasteiger partial charge is 0.481 e. The Labute approximate surface area is 138 Å². The van der Waals surface area contributed by atoms with Crippen LogP contribution in [0.15, 0.2) is 24.3 Å². The molecule has 0 saturated carbocycles. The quantitative estimate of drug-likeness (QED) is 0.900. The van der Waals surface area contributed by atoms with Crippen LogP contribution in [0.25, 0.3) is 0 Å². The fourth-order valence-corrected chi connectivity index (χ4v) is 3.64. The van der Waals surface area contributed by atoms with Gasteiger partial charge in [-0.3, -0.25) is 10.1 Å². The Morgan fingerprint density at radius 1 is 1.35 bits per heavy atom. The maximum Gasteiger partial charge on any atom is 0.267 e. The average molecular weight is 334 g/mol. The fourth-order valence-electron chi connectivity index (χ4n) is 2.59. The summed E-state index contributed by atoms with van der Waals surface area (Å²) in [5, 5.41) is 3.49. The van der Waals surface area contributed by atoms with E-state index in [0.717, 1.165) is 25.0 Å². The molecular formula is C17H19FN2O2S. The highest BCUT2D eigenvalue weighted by molar-refractivity contribution is 7.15. The van der Waals surface area contributed by atoms with Gasteiger partial charge in [-0.15, -0.1) is 11.3 Å². The number of nitrogens with one attached hydrogen (secondary N) is 1. The molecule has 1 N–H and O–H groups in total. The maximum absolute atomic E-state index is 12.9. The van der Waals surface area contributed by atoms with Gasteiger partial charge in [-0.1, -0.05) is 6.92 Å². The van der Waals surface area contributed by atoms with E-state index in [1.807, 2.05) is 6.92 Å². The molecule has 6 heteroatoms. The maximum atomic E-state index is 12.9. The lowest BCUT2D eigenvalue weighted by Crippen LogP contribution is -2.32. The number of carbonyl (C=O) groups excluding carboxylic acids is 1. The van der Waals surface area contributed by atoms with Crippen LogP contribution in [0.1, 0.15) is 36.8 Å². The van der Waals surface area contributed by atoms with Gasteiger partial charge in [-0.05, 0) is 56.4 Å². The van der Waals surface area contributed by atoms with Gasteiger partial charge in [0.15, 0.2) is 11.2 Å². The van der Waals surface area contributed by atoms with E-state index in [0.29, 0.717) is 17.3 Å². The number of fused-ring (bicyclic) bond motifs is 1. The van der Waals surface area contributed by atoms with Crippen LogP contribution < -0.4 is 10.1 Å². The molecule has 1 aromatic carbocycles. The highest BCUT2D eigenvalue weighted by Crippen LogP contribution is 2.29. The number of aromatic nitrogens is 1. The van der Waals surface area contributed by atoms with Crippen molar-refractivity contribution in [1.29, 1.82) is 0 Å². The van der Waals surface area contributed by atoms with Crippen molar-refractivity contribution in [2.75, 3.05) is 5.32 Å². The number of thiazole rings is 1. The van der Waals surface area contributed by atoms with Crippen molar-refractivity contribution < 1.29 is 13.9 Å². The Morgan fingerprint density at radius 3 is 2.78 bits per heavy atom. The first-order valence-corrected chi connectivity index (χ1v) is 8.69. The normalized spacial score (nSPS) is 14.9. The Bertz CT molecular complexity index is 661. The molecule has 1 atom stereocenters. The molecule has 4 nitrogen and oxygen atoms in total. The van der Waals surface area contributed by atoms with Crippen LogP contribution in [0, 0.1) is 5.82 Å². The van der Waals surface area contributed by atoms with Gasteiger partial charge in [0, 0.05) is 4.88 Å². The predicted octanol–water partition coefficient (Wildman–Crippen LogP) is 3.96. The SMILES string of the molecule is CC[C@H](Oc1ccc(F)cc1)C(=O)Nc1nc2c(s1)CCCC2. The van der Waals surface area contributed by atoms with Crippen LogP contribution in [-0.2, 0) is 17.6 Å². The van der Waals surface area contributed by atoms with Gasteiger partial charge in [0.1, 0.15) is 11.6 Å². The minimum atomic E-state index is -0.624. The van der Waals surface area contributed by atoms with E-state index in [9.17, 15) is 9.18 Å². The van der Waals surface area contributed by atoms with Crippen molar-refractivity contribution >= 4 is 22.4 Å². The minimum absolute atomic E-state index is 0.220. The summed E-state index contributed by atoms with van der Waals surface area (Å²) in [5.41, 5.74) is 1.11. The number of hydrogen-bond acceptors (Lipinski definition) is 4. The van der Waals surface area contributed by atoms with Gasteiger partial charge in [-0.2, -0.15) is 0 Å². The molecule has 23 heavy (non-hydrogen) atoms. The summed E-state index contributed by atoms with van der Waals surface area (Å²) >= 11 is 1.55. The number of carbonyl (C=O) groups is 1. The lowest BCUT2D eigenvalue weighted by atomic mass is 10.0. The first-order chi connectivity index (χ1) is 11.2. The zero-order valence-electron chi connectivity index (χ0n) is 13.0. The molecule has 0 spiro atoms. The van der Waals surface area contributed by atoms with Gasteiger partial charge in [0.25, 0.3) is 5.91 Å². The van der Waals surface area contributed by atoms with Gasteiger partial charge >= 0.3 is 0 Å². The Morgan fingerprint density at radius 2 is 2.09 bits per heavy atom. The lowest BCUT2D eigenvalue weighted by Gasteiger charge is -2.16. The van der Waals surface area contributed by atoms with Crippen molar-refractivity contribution in [3.05, 3.63) is 40.7 Å². The molecule has 1 aliphatic rings. The van der Waals surface area contributed by atoms with E-state index in [1.54, 1.807) is 11.3 Å². The number of rotatable bonds is 5. The van der Waals surface area contributed by atoms with E-state index >= 15 is 0 Å². The molecule has 0 bridgehead atoms. The van der Waals surface area contributed by atoms with Crippen molar-refractivity contribution in [1.82, 2.24) is 4.98 Å². The second-order valence-corrected chi connectivity index (χ2v) is 6.64. The highest BCUT2D eigenvalue weighted by atomic mass is 32.1. The number of halogens is 1. The number of hydrogen-bond donors (Lipinski definition) is 1. The van der Waals surface area contributed by atoms with Gasteiger partial charge in [-0.25, -0.2) is 9.37 Å². The third-order valence-corrected chi connectivity index (χ3v) is 4.90. The monoisotopic (exact) mass is 334 g/mol. The molecule has 1 heterocycles. The first kappa shape index (κ1) is 15.9. The predicted molar refractivity (Wildman–Crippen MR) is 88.5 cm³/mol. The lowest BCUT2D eigenvalue weighted by molar-refractivity contribution is -0.122. The molecule has 0 unspecified atom stereocenters. The number of anilines is 1. The molecular weight excluding hydrogens is 315 g/mol. The standard InChI is InChI=1S/C17H19FN2O2S/c1-2-14(22-12-9-7-11(18)8-10-12)16(21)20-17-19-13-5-3-4-6-15(13)23-17/h7-10,14H,2-6H2,1H3,(H,19,20,21)/t14-/m0/s1. The topological polar surface area (TPSA) is 51.2 Å². The second kappa shape index (κ2) is 7.08. The van der Waals surface area contributed by atoms with Crippen LogP contribution in [-0.4, -0.2) is 17.0 Å². The van der Waals surface area contributed by atoms with Crippen LogP contribution >= 0.6 is 11.3 Å². The number of aryl methyl sites for hydroxylation is 2. The Hall–Kier alpha value is -1.95. The molecule has 122 valence electrons. The molecule has 0 aliphatic heterocycles. The van der Waals surface area contributed by atoms with Crippen LogP contribution in [0.4, 0.5) is 9.52 Å². The summed E-state index contributed by atoms with van der Waals surface area (Å²) < 4.78 is 18.6. The van der Waals surface area contributed by atoms with Crippen molar-refractivity contribution in [2.24, 2.45) is 0 Å². The van der Waals surface area contributed by atoms with E-state index in [4.69, 9.17) is 4.74 Å². The molecule has 2 aromatic rings. The molecule has 0 saturated heterocycles. The van der Waals surface area contributed by atoms with Crippen LogP contribution in [0.3, 0.4) is 0 Å². The Kier molecular flexibility index (Phi) is 4.91. The van der Waals surface area contributed by atoms with E-state index in [1.165, 1.54) is 35.6 Å². The summed E-state index contributed by atoms with van der Waals surface area (Å²) in [6.45, 7) is 1.88. The summed E-state index contributed by atoms with van der Waals surface area (Å²) in [4.78, 5) is 18.2. The summed E-state index contributed by atoms with van der Waals surface area (Å²) in [6, 6.07) is 5.67. The fraction of sp³-hybridized carbons (Fsp3) is 0.412. The number of ether oxygens (including phenoxy) is 1. The van der Waals surface area contributed by atoms with E-state index in [-0.39, 0.29) is 11.7 Å². The van der Waals surface area contributed by atoms with Crippen LogP contribution in [0.2, 0.25) is 0 Å². The summed E-state index contributed by atoms with van der Waals surface area (Å²) in [6.07, 6.45) is 4.29. The molecule has 3 rings (SSSR count).